The van der Waals surface area contributed by atoms with Crippen LogP contribution < -0.4 is 0 Å². The number of rotatable bonds is 5. The van der Waals surface area contributed by atoms with Gasteiger partial charge in [0, 0.05) is 19.5 Å². The largest absolute Gasteiger partial charge is 0.361 e. The summed E-state index contributed by atoms with van der Waals surface area (Å²) in [6, 6.07) is 0. The molecule has 0 aliphatic heterocycles. The summed E-state index contributed by atoms with van der Waals surface area (Å²) in [4.78, 5) is 2.14. The fraction of sp³-hybridized carbons (Fsp3) is 0.643. The van der Waals surface area contributed by atoms with Crippen LogP contribution in [0.2, 0.25) is 0 Å². The van der Waals surface area contributed by atoms with Crippen molar-refractivity contribution in [3.63, 3.8) is 0 Å². The molecule has 0 radical (unpaired) electrons. The molecule has 0 spiro atoms. The van der Waals surface area contributed by atoms with E-state index in [-0.39, 0.29) is 0 Å². The van der Waals surface area contributed by atoms with Gasteiger partial charge in [0.05, 0.1) is 5.84 Å². The van der Waals surface area contributed by atoms with Crippen LogP contribution >= 0.6 is 0 Å². The van der Waals surface area contributed by atoms with E-state index in [0.717, 1.165) is 31.8 Å². The molecule has 1 rings (SSSR count). The maximum atomic E-state index is 8.08. The normalized spacial score (nSPS) is 20.8. The van der Waals surface area contributed by atoms with E-state index in [1.54, 1.807) is 0 Å². The van der Waals surface area contributed by atoms with Crippen molar-refractivity contribution in [2.24, 2.45) is 11.8 Å². The molecule has 1 aliphatic carbocycles. The van der Waals surface area contributed by atoms with Crippen LogP contribution in [0.25, 0.3) is 0 Å². The molecule has 90 valence electrons. The van der Waals surface area contributed by atoms with Crippen molar-refractivity contribution >= 4 is 5.84 Å². The van der Waals surface area contributed by atoms with Crippen LogP contribution in [-0.4, -0.2) is 23.8 Å². The maximum absolute atomic E-state index is 8.08. The van der Waals surface area contributed by atoms with Crippen molar-refractivity contribution in [1.82, 2.24) is 4.90 Å². The molecule has 2 unspecified atom stereocenters. The van der Waals surface area contributed by atoms with Crippen molar-refractivity contribution in [2.45, 2.75) is 33.6 Å². The fourth-order valence-electron chi connectivity index (χ4n) is 2.21. The summed E-state index contributed by atoms with van der Waals surface area (Å²) in [5.41, 5.74) is 0. The molecule has 0 aromatic rings. The van der Waals surface area contributed by atoms with Gasteiger partial charge in [-0.05, 0) is 32.1 Å². The predicted octanol–water partition coefficient (Wildman–Crippen LogP) is 3.46. The molecule has 2 nitrogen and oxygen atoms in total. The van der Waals surface area contributed by atoms with Gasteiger partial charge >= 0.3 is 0 Å². The van der Waals surface area contributed by atoms with E-state index in [0.29, 0.717) is 11.8 Å². The van der Waals surface area contributed by atoms with Gasteiger partial charge in [-0.15, -0.1) is 0 Å². The van der Waals surface area contributed by atoms with Crippen LogP contribution in [0.4, 0.5) is 0 Å². The van der Waals surface area contributed by atoms with E-state index in [4.69, 9.17) is 5.41 Å². The van der Waals surface area contributed by atoms with E-state index in [9.17, 15) is 0 Å². The minimum Gasteiger partial charge on any atom is -0.361 e. The molecule has 0 saturated carbocycles. The SMILES string of the molecule is CCN(CC)C(=N)CC(C)C1C=CC=CC1. The van der Waals surface area contributed by atoms with Gasteiger partial charge in [0.15, 0.2) is 0 Å². The van der Waals surface area contributed by atoms with Crippen LogP contribution in [0.3, 0.4) is 0 Å². The molecule has 0 aromatic carbocycles. The predicted molar refractivity (Wildman–Crippen MR) is 70.8 cm³/mol. The highest BCUT2D eigenvalue weighted by Gasteiger charge is 2.18. The molecule has 1 aliphatic rings. The third-order valence-electron chi connectivity index (χ3n) is 3.41. The van der Waals surface area contributed by atoms with Crippen molar-refractivity contribution in [1.29, 1.82) is 5.41 Å². The van der Waals surface area contributed by atoms with Crippen LogP contribution in [0.5, 0.6) is 0 Å². The second-order valence-electron chi connectivity index (χ2n) is 4.51. The monoisotopic (exact) mass is 220 g/mol. The van der Waals surface area contributed by atoms with Crippen LogP contribution in [0.15, 0.2) is 24.3 Å². The molecular weight excluding hydrogens is 196 g/mol. The van der Waals surface area contributed by atoms with Crippen molar-refractivity contribution in [3.05, 3.63) is 24.3 Å². The topological polar surface area (TPSA) is 27.1 Å². The van der Waals surface area contributed by atoms with Crippen LogP contribution in [-0.2, 0) is 0 Å². The number of amidine groups is 1. The average molecular weight is 220 g/mol. The Morgan fingerprint density at radius 3 is 2.56 bits per heavy atom. The zero-order valence-corrected chi connectivity index (χ0v) is 10.7. The smallest absolute Gasteiger partial charge is 0.0960 e. The Hall–Kier alpha value is -1.05. The summed E-state index contributed by atoms with van der Waals surface area (Å²) < 4.78 is 0. The summed E-state index contributed by atoms with van der Waals surface area (Å²) in [7, 11) is 0. The van der Waals surface area contributed by atoms with Gasteiger partial charge in [-0.2, -0.15) is 0 Å². The standard InChI is InChI=1S/C14H24N2/c1-4-16(5-2)14(15)11-12(3)13-9-7-6-8-10-13/h6-9,12-13,15H,4-5,10-11H2,1-3H3. The number of nitrogens with one attached hydrogen (secondary N) is 1. The van der Waals surface area contributed by atoms with Gasteiger partial charge in [0.25, 0.3) is 0 Å². The summed E-state index contributed by atoms with van der Waals surface area (Å²) >= 11 is 0. The lowest BCUT2D eigenvalue weighted by atomic mass is 9.86. The van der Waals surface area contributed by atoms with Gasteiger partial charge in [-0.3, -0.25) is 5.41 Å². The number of hydrogen-bond acceptors (Lipinski definition) is 1. The maximum Gasteiger partial charge on any atom is 0.0960 e. The van der Waals surface area contributed by atoms with Gasteiger partial charge in [-0.25, -0.2) is 0 Å². The molecule has 0 bridgehead atoms. The first-order valence-electron chi connectivity index (χ1n) is 6.34. The zero-order chi connectivity index (χ0) is 12.0. The highest BCUT2D eigenvalue weighted by atomic mass is 15.1. The second kappa shape index (κ2) is 6.51. The molecule has 0 amide bonds. The Morgan fingerprint density at radius 1 is 1.38 bits per heavy atom. The molecule has 2 heteroatoms. The lowest BCUT2D eigenvalue weighted by molar-refractivity contribution is 0.397. The third-order valence-corrected chi connectivity index (χ3v) is 3.41. The summed E-state index contributed by atoms with van der Waals surface area (Å²) in [5, 5.41) is 8.08. The van der Waals surface area contributed by atoms with E-state index in [1.807, 2.05) is 0 Å². The van der Waals surface area contributed by atoms with E-state index in [2.05, 4.69) is 50.0 Å². The van der Waals surface area contributed by atoms with Crippen molar-refractivity contribution in [3.8, 4) is 0 Å². The summed E-state index contributed by atoms with van der Waals surface area (Å²) in [5.74, 6) is 1.97. The van der Waals surface area contributed by atoms with Crippen molar-refractivity contribution in [2.75, 3.05) is 13.1 Å². The summed E-state index contributed by atoms with van der Waals surface area (Å²) in [6.45, 7) is 8.38. The van der Waals surface area contributed by atoms with E-state index in [1.165, 1.54) is 0 Å². The quantitative estimate of drug-likeness (QED) is 0.557. The number of allylic oxidation sites excluding steroid dienone is 4. The van der Waals surface area contributed by atoms with Gasteiger partial charge in [-0.1, -0.05) is 31.2 Å². The minimum absolute atomic E-state index is 0.564. The molecule has 0 saturated heterocycles. The highest BCUT2D eigenvalue weighted by molar-refractivity contribution is 5.79. The second-order valence-corrected chi connectivity index (χ2v) is 4.51. The Bertz CT molecular complexity index is 274. The van der Waals surface area contributed by atoms with E-state index < -0.39 is 0 Å². The summed E-state index contributed by atoms with van der Waals surface area (Å²) in [6.07, 6.45) is 10.8. The lowest BCUT2D eigenvalue weighted by Gasteiger charge is -2.27. The fourth-order valence-corrected chi connectivity index (χ4v) is 2.21. The van der Waals surface area contributed by atoms with E-state index >= 15 is 0 Å². The van der Waals surface area contributed by atoms with Crippen LogP contribution in [0.1, 0.15) is 33.6 Å². The molecule has 0 fully saturated rings. The first-order valence-corrected chi connectivity index (χ1v) is 6.34. The van der Waals surface area contributed by atoms with Crippen LogP contribution in [0, 0.1) is 17.2 Å². The van der Waals surface area contributed by atoms with Gasteiger partial charge in [0.2, 0.25) is 0 Å². The average Bonchev–Trinajstić information content (AvgIpc) is 2.31. The molecule has 0 aromatic heterocycles. The molecular formula is C14H24N2. The first kappa shape index (κ1) is 13.0. The van der Waals surface area contributed by atoms with Gasteiger partial charge < -0.3 is 4.90 Å². The highest BCUT2D eigenvalue weighted by Crippen LogP contribution is 2.24. The minimum atomic E-state index is 0.564. The lowest BCUT2D eigenvalue weighted by Crippen LogP contribution is -2.32. The number of hydrogen-bond donors (Lipinski definition) is 1. The van der Waals surface area contributed by atoms with Gasteiger partial charge in [0.1, 0.15) is 0 Å². The molecule has 2 atom stereocenters. The molecule has 16 heavy (non-hydrogen) atoms. The third kappa shape index (κ3) is 3.51. The Kier molecular flexibility index (Phi) is 5.30. The Balaban J connectivity index is 2.44. The molecule has 1 N–H and O–H groups in total. The first-order chi connectivity index (χ1) is 7.69. The Morgan fingerprint density at radius 2 is 2.06 bits per heavy atom. The zero-order valence-electron chi connectivity index (χ0n) is 10.7. The van der Waals surface area contributed by atoms with Crippen molar-refractivity contribution < 1.29 is 0 Å². The molecule has 0 heterocycles. The Labute approximate surface area is 99.5 Å². The number of nitrogens with zero attached hydrogens (tertiary/aromatic N) is 1.